The number of amides is 1. The first-order valence-electron chi connectivity index (χ1n) is 9.13. The number of carbonyl (C=O) groups excluding carboxylic acids is 1. The van der Waals surface area contributed by atoms with Crippen LogP contribution in [0.3, 0.4) is 0 Å². The van der Waals surface area contributed by atoms with Crippen LogP contribution in [0.15, 0.2) is 48.5 Å². The first kappa shape index (κ1) is 18.0. The molecule has 4 nitrogen and oxygen atoms in total. The van der Waals surface area contributed by atoms with Crippen LogP contribution in [0.25, 0.3) is 10.9 Å². The monoisotopic (exact) mass is 385 g/mol. The lowest BCUT2D eigenvalue weighted by atomic mass is 10.2. The van der Waals surface area contributed by atoms with Crippen LogP contribution in [0.4, 0.5) is 4.39 Å². The first-order valence-corrected chi connectivity index (χ1v) is 9.51. The fourth-order valence-corrected chi connectivity index (χ4v) is 3.76. The Bertz CT molecular complexity index is 971. The Hall–Kier alpha value is -2.37. The number of aromatic nitrogens is 1. The summed E-state index contributed by atoms with van der Waals surface area (Å²) in [7, 11) is 0. The van der Waals surface area contributed by atoms with E-state index in [0.29, 0.717) is 35.9 Å². The summed E-state index contributed by atoms with van der Waals surface area (Å²) in [5.74, 6) is -0.179. The molecule has 0 aliphatic carbocycles. The van der Waals surface area contributed by atoms with Crippen molar-refractivity contribution < 1.29 is 9.18 Å². The molecule has 27 heavy (non-hydrogen) atoms. The van der Waals surface area contributed by atoms with Gasteiger partial charge in [0.2, 0.25) is 0 Å². The van der Waals surface area contributed by atoms with Gasteiger partial charge in [0.25, 0.3) is 5.91 Å². The standard InChI is InChI=1S/C21H21ClFN3O/c22-17-7-6-15-12-20(24-19(15)13-17)21(27)26-9-3-8-25(10-11-26)14-16-4-1-2-5-18(16)23/h1-2,4-7,12-13,24H,3,8-11,14H2. The fraction of sp³-hybridized carbons (Fsp3) is 0.286. The first-order chi connectivity index (χ1) is 13.1. The quantitative estimate of drug-likeness (QED) is 0.729. The largest absolute Gasteiger partial charge is 0.350 e. The van der Waals surface area contributed by atoms with Gasteiger partial charge in [0, 0.05) is 54.2 Å². The molecule has 0 unspecified atom stereocenters. The van der Waals surface area contributed by atoms with E-state index in [2.05, 4.69) is 9.88 Å². The summed E-state index contributed by atoms with van der Waals surface area (Å²) in [5, 5.41) is 1.61. The average Bonchev–Trinajstić information content (AvgIpc) is 2.94. The van der Waals surface area contributed by atoms with Gasteiger partial charge >= 0.3 is 0 Å². The second kappa shape index (κ2) is 7.71. The topological polar surface area (TPSA) is 39.3 Å². The molecule has 0 spiro atoms. The van der Waals surface area contributed by atoms with Crippen LogP contribution in [0.5, 0.6) is 0 Å². The van der Waals surface area contributed by atoms with E-state index in [0.717, 1.165) is 30.4 Å². The number of carbonyl (C=O) groups is 1. The zero-order valence-electron chi connectivity index (χ0n) is 14.9. The molecule has 0 bridgehead atoms. The maximum Gasteiger partial charge on any atom is 0.270 e. The zero-order chi connectivity index (χ0) is 18.8. The lowest BCUT2D eigenvalue weighted by Crippen LogP contribution is -2.35. The van der Waals surface area contributed by atoms with Crippen LogP contribution in [0, 0.1) is 5.82 Å². The molecular weight excluding hydrogens is 365 g/mol. The van der Waals surface area contributed by atoms with Gasteiger partial charge in [-0.1, -0.05) is 35.9 Å². The summed E-state index contributed by atoms with van der Waals surface area (Å²) in [5.41, 5.74) is 2.14. The van der Waals surface area contributed by atoms with Gasteiger partial charge in [0.05, 0.1) is 0 Å². The Morgan fingerprint density at radius 2 is 1.93 bits per heavy atom. The number of halogens is 2. The lowest BCUT2D eigenvalue weighted by Gasteiger charge is -2.22. The van der Waals surface area contributed by atoms with Crippen LogP contribution in [0.1, 0.15) is 22.5 Å². The molecule has 6 heteroatoms. The number of H-pyrrole nitrogens is 1. The molecule has 4 rings (SSSR count). The number of rotatable bonds is 3. The van der Waals surface area contributed by atoms with Crippen molar-refractivity contribution in [1.82, 2.24) is 14.8 Å². The molecule has 1 aliphatic rings. The second-order valence-electron chi connectivity index (χ2n) is 6.93. The van der Waals surface area contributed by atoms with E-state index in [1.165, 1.54) is 6.07 Å². The minimum absolute atomic E-state index is 0.00457. The van der Waals surface area contributed by atoms with Gasteiger partial charge in [-0.15, -0.1) is 0 Å². The van der Waals surface area contributed by atoms with Crippen molar-refractivity contribution in [2.45, 2.75) is 13.0 Å². The van der Waals surface area contributed by atoms with E-state index >= 15 is 0 Å². The molecule has 1 saturated heterocycles. The molecule has 1 fully saturated rings. The molecule has 140 valence electrons. The van der Waals surface area contributed by atoms with Crippen molar-refractivity contribution in [3.05, 3.63) is 70.6 Å². The average molecular weight is 386 g/mol. The van der Waals surface area contributed by atoms with E-state index in [4.69, 9.17) is 11.6 Å². The maximum absolute atomic E-state index is 13.9. The molecular formula is C21H21ClFN3O. The third-order valence-electron chi connectivity index (χ3n) is 5.04. The molecule has 1 N–H and O–H groups in total. The summed E-state index contributed by atoms with van der Waals surface area (Å²) >= 11 is 6.02. The van der Waals surface area contributed by atoms with Crippen molar-refractivity contribution >= 4 is 28.4 Å². The number of hydrogen-bond donors (Lipinski definition) is 1. The van der Waals surface area contributed by atoms with Gasteiger partial charge in [0.1, 0.15) is 11.5 Å². The summed E-state index contributed by atoms with van der Waals surface area (Å²) in [6, 6.07) is 14.3. The summed E-state index contributed by atoms with van der Waals surface area (Å²) in [6.45, 7) is 3.47. The summed E-state index contributed by atoms with van der Waals surface area (Å²) in [4.78, 5) is 20.2. The highest BCUT2D eigenvalue weighted by Gasteiger charge is 2.22. The van der Waals surface area contributed by atoms with Crippen LogP contribution in [-0.2, 0) is 6.54 Å². The molecule has 1 aromatic heterocycles. The molecule has 2 heterocycles. The van der Waals surface area contributed by atoms with Crippen LogP contribution in [0.2, 0.25) is 5.02 Å². The molecule has 3 aromatic rings. The second-order valence-corrected chi connectivity index (χ2v) is 7.36. The van der Waals surface area contributed by atoms with E-state index in [1.54, 1.807) is 6.07 Å². The fourth-order valence-electron chi connectivity index (χ4n) is 3.58. The molecule has 1 amide bonds. The van der Waals surface area contributed by atoms with Crippen LogP contribution >= 0.6 is 11.6 Å². The minimum Gasteiger partial charge on any atom is -0.350 e. The SMILES string of the molecule is O=C(c1cc2ccc(Cl)cc2[nH]1)N1CCCN(Cc2ccccc2F)CC1. The van der Waals surface area contributed by atoms with Crippen molar-refractivity contribution in [3.63, 3.8) is 0 Å². The number of benzene rings is 2. The smallest absolute Gasteiger partial charge is 0.270 e. The van der Waals surface area contributed by atoms with Gasteiger partial charge in [-0.2, -0.15) is 0 Å². The Morgan fingerprint density at radius 1 is 1.07 bits per heavy atom. The molecule has 2 aromatic carbocycles. The van der Waals surface area contributed by atoms with Gasteiger partial charge in [-0.05, 0) is 30.7 Å². The summed E-state index contributed by atoms with van der Waals surface area (Å²) < 4.78 is 13.9. The predicted molar refractivity (Wildman–Crippen MR) is 106 cm³/mol. The Balaban J connectivity index is 1.44. The van der Waals surface area contributed by atoms with E-state index in [1.807, 2.05) is 41.3 Å². The Kier molecular flexibility index (Phi) is 5.14. The van der Waals surface area contributed by atoms with Crippen LogP contribution in [-0.4, -0.2) is 46.9 Å². The van der Waals surface area contributed by atoms with Crippen molar-refractivity contribution in [3.8, 4) is 0 Å². The highest BCUT2D eigenvalue weighted by atomic mass is 35.5. The highest BCUT2D eigenvalue weighted by molar-refractivity contribution is 6.31. The Labute approximate surface area is 162 Å². The van der Waals surface area contributed by atoms with E-state index in [-0.39, 0.29) is 11.7 Å². The number of hydrogen-bond acceptors (Lipinski definition) is 2. The lowest BCUT2D eigenvalue weighted by molar-refractivity contribution is 0.0756. The van der Waals surface area contributed by atoms with Gasteiger partial charge < -0.3 is 9.88 Å². The summed E-state index contributed by atoms with van der Waals surface area (Å²) in [6.07, 6.45) is 0.867. The maximum atomic E-state index is 13.9. The van der Waals surface area contributed by atoms with Crippen LogP contribution < -0.4 is 0 Å². The molecule has 0 radical (unpaired) electrons. The highest BCUT2D eigenvalue weighted by Crippen LogP contribution is 2.21. The van der Waals surface area contributed by atoms with Crippen molar-refractivity contribution in [2.24, 2.45) is 0 Å². The van der Waals surface area contributed by atoms with E-state index < -0.39 is 0 Å². The van der Waals surface area contributed by atoms with Crippen molar-refractivity contribution in [1.29, 1.82) is 0 Å². The molecule has 1 aliphatic heterocycles. The molecule has 0 atom stereocenters. The third-order valence-corrected chi connectivity index (χ3v) is 5.28. The Morgan fingerprint density at radius 3 is 2.78 bits per heavy atom. The number of nitrogens with one attached hydrogen (secondary N) is 1. The van der Waals surface area contributed by atoms with E-state index in [9.17, 15) is 9.18 Å². The number of fused-ring (bicyclic) bond motifs is 1. The predicted octanol–water partition coefficient (Wildman–Crippen LogP) is 4.31. The zero-order valence-corrected chi connectivity index (χ0v) is 15.7. The van der Waals surface area contributed by atoms with Gasteiger partial charge in [-0.25, -0.2) is 4.39 Å². The van der Waals surface area contributed by atoms with Gasteiger partial charge in [-0.3, -0.25) is 9.69 Å². The van der Waals surface area contributed by atoms with Crippen molar-refractivity contribution in [2.75, 3.05) is 26.2 Å². The number of nitrogens with zero attached hydrogens (tertiary/aromatic N) is 2. The normalized spacial score (nSPS) is 15.9. The number of aromatic amines is 1. The van der Waals surface area contributed by atoms with Gasteiger partial charge in [0.15, 0.2) is 0 Å². The molecule has 0 saturated carbocycles. The third kappa shape index (κ3) is 3.99. The minimum atomic E-state index is -0.175.